The van der Waals surface area contributed by atoms with Crippen molar-refractivity contribution < 1.29 is 5.21 Å². The van der Waals surface area contributed by atoms with Crippen LogP contribution in [0.25, 0.3) is 0 Å². The second-order valence-corrected chi connectivity index (χ2v) is 4.00. The third-order valence-corrected chi connectivity index (χ3v) is 2.64. The molecule has 1 aromatic carbocycles. The standard InChI is InChI=1S/C13H15N3O/c1-10-4-2-5-11(8-10)9-16-7-3-6-12(16)13(14)15-17/h2-8,17H,9H2,1H3,(H2,14,15). The molecule has 3 N–H and O–H groups in total. The van der Waals surface area contributed by atoms with Gasteiger partial charge < -0.3 is 15.5 Å². The summed E-state index contributed by atoms with van der Waals surface area (Å²) in [5, 5.41) is 11.7. The zero-order chi connectivity index (χ0) is 12.3. The molecule has 2 aromatic rings. The lowest BCUT2D eigenvalue weighted by Crippen LogP contribution is -2.18. The van der Waals surface area contributed by atoms with Gasteiger partial charge in [-0.25, -0.2) is 0 Å². The summed E-state index contributed by atoms with van der Waals surface area (Å²) in [5.74, 6) is 0.127. The van der Waals surface area contributed by atoms with Crippen LogP contribution in [0.2, 0.25) is 0 Å². The number of oxime groups is 1. The maximum atomic E-state index is 8.69. The van der Waals surface area contributed by atoms with Gasteiger partial charge in [-0.3, -0.25) is 0 Å². The van der Waals surface area contributed by atoms with E-state index in [9.17, 15) is 0 Å². The second kappa shape index (κ2) is 4.74. The first-order chi connectivity index (χ1) is 8.20. The first kappa shape index (κ1) is 11.3. The quantitative estimate of drug-likeness (QED) is 0.365. The molecule has 0 unspecified atom stereocenters. The highest BCUT2D eigenvalue weighted by Crippen LogP contribution is 2.09. The minimum atomic E-state index is 0.127. The van der Waals surface area contributed by atoms with Crippen LogP contribution in [0.5, 0.6) is 0 Å². The molecule has 0 spiro atoms. The van der Waals surface area contributed by atoms with E-state index in [-0.39, 0.29) is 5.84 Å². The number of nitrogens with zero attached hydrogens (tertiary/aromatic N) is 2. The molecule has 0 atom stereocenters. The Morgan fingerprint density at radius 1 is 1.35 bits per heavy atom. The Morgan fingerprint density at radius 3 is 2.88 bits per heavy atom. The number of aromatic nitrogens is 1. The fourth-order valence-electron chi connectivity index (χ4n) is 1.84. The lowest BCUT2D eigenvalue weighted by molar-refractivity contribution is 0.318. The summed E-state index contributed by atoms with van der Waals surface area (Å²) in [6.07, 6.45) is 1.91. The average Bonchev–Trinajstić information content (AvgIpc) is 2.76. The smallest absolute Gasteiger partial charge is 0.186 e. The molecular weight excluding hydrogens is 214 g/mol. The van der Waals surface area contributed by atoms with Gasteiger partial charge in [0, 0.05) is 12.7 Å². The van der Waals surface area contributed by atoms with Gasteiger partial charge in [0.05, 0.1) is 5.69 Å². The lowest BCUT2D eigenvalue weighted by Gasteiger charge is -2.08. The summed E-state index contributed by atoms with van der Waals surface area (Å²) >= 11 is 0. The fraction of sp³-hybridized carbons (Fsp3) is 0.154. The predicted molar refractivity (Wildman–Crippen MR) is 67.2 cm³/mol. The third-order valence-electron chi connectivity index (χ3n) is 2.64. The van der Waals surface area contributed by atoms with E-state index in [2.05, 4.69) is 30.3 Å². The van der Waals surface area contributed by atoms with Crippen molar-refractivity contribution in [1.29, 1.82) is 0 Å². The second-order valence-electron chi connectivity index (χ2n) is 4.00. The van der Waals surface area contributed by atoms with Crippen molar-refractivity contribution in [3.8, 4) is 0 Å². The molecule has 17 heavy (non-hydrogen) atoms. The Labute approximate surface area is 100.0 Å². The summed E-state index contributed by atoms with van der Waals surface area (Å²) in [4.78, 5) is 0. The van der Waals surface area contributed by atoms with Crippen molar-refractivity contribution in [1.82, 2.24) is 4.57 Å². The monoisotopic (exact) mass is 229 g/mol. The van der Waals surface area contributed by atoms with E-state index in [1.807, 2.05) is 29.0 Å². The number of hydrogen-bond acceptors (Lipinski definition) is 2. The molecule has 4 nitrogen and oxygen atoms in total. The molecule has 1 aromatic heterocycles. The molecule has 0 fully saturated rings. The molecule has 0 aliphatic heterocycles. The molecule has 4 heteroatoms. The highest BCUT2D eigenvalue weighted by molar-refractivity contribution is 5.95. The summed E-state index contributed by atoms with van der Waals surface area (Å²) in [6.45, 7) is 2.77. The number of rotatable bonds is 3. The maximum Gasteiger partial charge on any atom is 0.186 e. The van der Waals surface area contributed by atoms with Crippen molar-refractivity contribution >= 4 is 5.84 Å². The highest BCUT2D eigenvalue weighted by Gasteiger charge is 2.05. The lowest BCUT2D eigenvalue weighted by atomic mass is 10.1. The van der Waals surface area contributed by atoms with Gasteiger partial charge >= 0.3 is 0 Å². The van der Waals surface area contributed by atoms with Crippen LogP contribution in [-0.4, -0.2) is 15.6 Å². The molecule has 0 aliphatic carbocycles. The summed E-state index contributed by atoms with van der Waals surface area (Å²) in [6, 6.07) is 12.0. The van der Waals surface area contributed by atoms with Crippen LogP contribution in [-0.2, 0) is 6.54 Å². The van der Waals surface area contributed by atoms with E-state index in [0.717, 1.165) is 0 Å². The van der Waals surface area contributed by atoms with E-state index in [1.54, 1.807) is 0 Å². The van der Waals surface area contributed by atoms with Gasteiger partial charge in [0.2, 0.25) is 0 Å². The van der Waals surface area contributed by atoms with E-state index in [1.165, 1.54) is 11.1 Å². The Kier molecular flexibility index (Phi) is 3.14. The minimum Gasteiger partial charge on any atom is -0.409 e. The molecule has 0 aliphatic rings. The van der Waals surface area contributed by atoms with Crippen molar-refractivity contribution in [3.05, 3.63) is 59.4 Å². The zero-order valence-electron chi connectivity index (χ0n) is 9.67. The van der Waals surface area contributed by atoms with Gasteiger partial charge in [0.1, 0.15) is 0 Å². The number of benzene rings is 1. The van der Waals surface area contributed by atoms with Crippen LogP contribution in [0.4, 0.5) is 0 Å². The summed E-state index contributed by atoms with van der Waals surface area (Å²) in [7, 11) is 0. The third kappa shape index (κ3) is 2.47. The summed E-state index contributed by atoms with van der Waals surface area (Å²) in [5.41, 5.74) is 8.73. The molecule has 0 bridgehead atoms. The Morgan fingerprint density at radius 2 is 2.18 bits per heavy atom. The Bertz CT molecular complexity index is 543. The summed E-state index contributed by atoms with van der Waals surface area (Å²) < 4.78 is 1.95. The van der Waals surface area contributed by atoms with Crippen LogP contribution < -0.4 is 5.73 Å². The topological polar surface area (TPSA) is 63.5 Å². The number of aryl methyl sites for hydroxylation is 1. The first-order valence-electron chi connectivity index (χ1n) is 5.39. The van der Waals surface area contributed by atoms with Crippen LogP contribution in [0.3, 0.4) is 0 Å². The van der Waals surface area contributed by atoms with Crippen LogP contribution >= 0.6 is 0 Å². The molecule has 0 saturated carbocycles. The molecule has 0 amide bonds. The predicted octanol–water partition coefficient (Wildman–Crippen LogP) is 1.94. The number of hydrogen-bond donors (Lipinski definition) is 2. The zero-order valence-corrected chi connectivity index (χ0v) is 9.67. The molecule has 2 rings (SSSR count). The normalized spacial score (nSPS) is 11.7. The SMILES string of the molecule is Cc1cccc(Cn2cccc2/C(N)=N/O)c1. The van der Waals surface area contributed by atoms with Gasteiger partial charge in [0.25, 0.3) is 0 Å². The van der Waals surface area contributed by atoms with Crippen molar-refractivity contribution in [2.24, 2.45) is 10.9 Å². The maximum absolute atomic E-state index is 8.69. The van der Waals surface area contributed by atoms with E-state index >= 15 is 0 Å². The largest absolute Gasteiger partial charge is 0.409 e. The number of nitrogens with two attached hydrogens (primary N) is 1. The minimum absolute atomic E-state index is 0.127. The number of amidine groups is 1. The van der Waals surface area contributed by atoms with Gasteiger partial charge in [0.15, 0.2) is 5.84 Å². The van der Waals surface area contributed by atoms with Gasteiger partial charge in [-0.1, -0.05) is 35.0 Å². The molecular formula is C13H15N3O. The average molecular weight is 229 g/mol. The van der Waals surface area contributed by atoms with Crippen LogP contribution in [0.15, 0.2) is 47.8 Å². The van der Waals surface area contributed by atoms with Crippen LogP contribution in [0, 0.1) is 6.92 Å². The molecule has 1 heterocycles. The fourth-order valence-corrected chi connectivity index (χ4v) is 1.84. The van der Waals surface area contributed by atoms with Crippen molar-refractivity contribution in [2.75, 3.05) is 0 Å². The van der Waals surface area contributed by atoms with Gasteiger partial charge in [-0.05, 0) is 24.6 Å². The van der Waals surface area contributed by atoms with Gasteiger partial charge in [-0.2, -0.15) is 0 Å². The van der Waals surface area contributed by atoms with Crippen LogP contribution in [0.1, 0.15) is 16.8 Å². The first-order valence-corrected chi connectivity index (χ1v) is 5.39. The molecule has 88 valence electrons. The van der Waals surface area contributed by atoms with Gasteiger partial charge in [-0.15, -0.1) is 0 Å². The van der Waals surface area contributed by atoms with E-state index in [4.69, 9.17) is 10.9 Å². The van der Waals surface area contributed by atoms with Crippen molar-refractivity contribution in [2.45, 2.75) is 13.5 Å². The molecule has 0 radical (unpaired) electrons. The van der Waals surface area contributed by atoms with E-state index < -0.39 is 0 Å². The Balaban J connectivity index is 2.28. The molecule has 0 saturated heterocycles. The van der Waals surface area contributed by atoms with E-state index in [0.29, 0.717) is 12.2 Å². The van der Waals surface area contributed by atoms with Crippen molar-refractivity contribution in [3.63, 3.8) is 0 Å². The highest BCUT2D eigenvalue weighted by atomic mass is 16.4. The Hall–Kier alpha value is -2.23.